The van der Waals surface area contributed by atoms with Crippen molar-refractivity contribution in [1.29, 1.82) is 0 Å². The Labute approximate surface area is 220 Å². The molecule has 2 unspecified atom stereocenters. The highest BCUT2D eigenvalue weighted by atomic mass is 31.3. The Hall–Kier alpha value is -1.47. The number of aliphatic hydroxyl groups is 2. The van der Waals surface area contributed by atoms with Crippen molar-refractivity contribution >= 4 is 29.4 Å². The van der Waals surface area contributed by atoms with Gasteiger partial charge >= 0.3 is 23.5 Å². The Morgan fingerprint density at radius 1 is 1.13 bits per heavy atom. The normalized spacial score (nSPS) is 24.5. The molecule has 2 rings (SSSR count). The number of hydrogen-bond acceptors (Lipinski definition) is 14. The van der Waals surface area contributed by atoms with Crippen LogP contribution in [0, 0.1) is 5.95 Å². The number of aliphatic hydroxyl groups excluding tert-OH is 2. The molecule has 39 heavy (non-hydrogen) atoms. The molecule has 226 valence electrons. The van der Waals surface area contributed by atoms with E-state index in [-0.39, 0.29) is 4.57 Å². The molecule has 1 amide bonds. The smallest absolute Gasteiger partial charge is 0.385 e. The summed E-state index contributed by atoms with van der Waals surface area (Å²) in [5.41, 5.74) is 2.44. The number of halogens is 1. The van der Waals surface area contributed by atoms with Crippen molar-refractivity contribution < 1.29 is 70.2 Å². The number of phosphoric acid groups is 3. The van der Waals surface area contributed by atoms with Crippen LogP contribution in [0.4, 0.5) is 4.39 Å². The number of phosphoric ester groups is 1. The van der Waals surface area contributed by atoms with E-state index in [1.165, 1.54) is 19.6 Å². The molecule has 1 aromatic heterocycles. The van der Waals surface area contributed by atoms with Crippen molar-refractivity contribution in [2.75, 3.05) is 26.7 Å². The van der Waals surface area contributed by atoms with Crippen LogP contribution >= 0.6 is 23.5 Å². The van der Waals surface area contributed by atoms with Gasteiger partial charge < -0.3 is 40.3 Å². The van der Waals surface area contributed by atoms with E-state index in [2.05, 4.69) is 48.3 Å². The average molecular weight is 630 g/mol. The number of primary amides is 1. The molecule has 1 aliphatic heterocycles. The molecule has 19 nitrogen and oxygen atoms in total. The van der Waals surface area contributed by atoms with Crippen molar-refractivity contribution in [3.8, 4) is 0 Å². The molecule has 0 aromatic carbocycles. The summed E-state index contributed by atoms with van der Waals surface area (Å²) in [7, 11) is -16.1. The second-order valence-electron chi connectivity index (χ2n) is 7.34. The lowest BCUT2D eigenvalue weighted by Gasteiger charge is -2.22. The number of carbonyl (C=O) groups excluding carboxylic acids is 1. The van der Waals surface area contributed by atoms with Gasteiger partial charge in [-0.15, -0.1) is 0 Å². The van der Waals surface area contributed by atoms with Gasteiger partial charge in [-0.3, -0.25) is 23.2 Å². The minimum absolute atomic E-state index is 0.256. The zero-order valence-electron chi connectivity index (χ0n) is 21.0. The summed E-state index contributed by atoms with van der Waals surface area (Å²) in [6, 6.07) is 0. The molecule has 0 saturated carbocycles. The summed E-state index contributed by atoms with van der Waals surface area (Å²) in [4.78, 5) is 55.2. The van der Waals surface area contributed by atoms with Crippen LogP contribution < -0.4 is 11.3 Å². The molecular formula is C16H30FN4O15P3. The number of ether oxygens (including phenoxy) is 1. The van der Waals surface area contributed by atoms with Crippen molar-refractivity contribution in [3.63, 3.8) is 0 Å². The van der Waals surface area contributed by atoms with Crippen LogP contribution in [0.2, 0.25) is 0 Å². The highest BCUT2D eigenvalue weighted by Crippen LogP contribution is 2.68. The maximum atomic E-state index is 13.7. The first-order valence-corrected chi connectivity index (χ1v) is 15.3. The number of hydrogen-bond donors (Lipinski definition) is 6. The van der Waals surface area contributed by atoms with Crippen LogP contribution in [0.15, 0.2) is 11.0 Å². The molecule has 1 saturated heterocycles. The number of rotatable bonds is 12. The summed E-state index contributed by atoms with van der Waals surface area (Å²) in [6.07, 6.45) is -8.24. The van der Waals surface area contributed by atoms with Gasteiger partial charge in [-0.05, 0) is 19.6 Å². The maximum absolute atomic E-state index is 13.7. The first-order valence-electron chi connectivity index (χ1n) is 10.8. The molecular weight excluding hydrogens is 600 g/mol. The minimum atomic E-state index is -5.79. The SMILES string of the molecule is CCN(CC)CC.COP(=O)(O[C@H]1O[C@@H](n2cc(F)nc(C(N)=O)c2=O)[C@H](O)[C@@H]1O)OP(=O)(O)OP(=O)(O)O. The third kappa shape index (κ3) is 10.5. The summed E-state index contributed by atoms with van der Waals surface area (Å²) in [5, 5.41) is 20.1. The van der Waals surface area contributed by atoms with Crippen LogP contribution in [-0.2, 0) is 36.1 Å². The van der Waals surface area contributed by atoms with Gasteiger partial charge in [0.15, 0.2) is 18.2 Å². The van der Waals surface area contributed by atoms with E-state index in [4.69, 9.17) is 20.3 Å². The third-order valence-electron chi connectivity index (χ3n) is 4.81. The number of nitrogens with zero attached hydrogens (tertiary/aromatic N) is 3. The van der Waals surface area contributed by atoms with Crippen LogP contribution in [0.3, 0.4) is 0 Å². The largest absolute Gasteiger partial charge is 0.490 e. The monoisotopic (exact) mass is 630 g/mol. The van der Waals surface area contributed by atoms with Crippen LogP contribution in [0.1, 0.15) is 37.5 Å². The molecule has 0 bridgehead atoms. The molecule has 2 heterocycles. The predicted molar refractivity (Wildman–Crippen MR) is 126 cm³/mol. The Bertz CT molecular complexity index is 1190. The lowest BCUT2D eigenvalue weighted by atomic mass is 10.2. The van der Waals surface area contributed by atoms with Crippen LogP contribution in [-0.4, -0.2) is 90.5 Å². The van der Waals surface area contributed by atoms with E-state index >= 15 is 0 Å². The van der Waals surface area contributed by atoms with Crippen LogP contribution in [0.25, 0.3) is 0 Å². The average Bonchev–Trinajstić information content (AvgIpc) is 3.07. The van der Waals surface area contributed by atoms with Gasteiger partial charge in [0.2, 0.25) is 5.95 Å². The quantitative estimate of drug-likeness (QED) is 0.157. The molecule has 1 fully saturated rings. The fourth-order valence-corrected chi connectivity index (χ4v) is 6.35. The standard InChI is InChI=1S/C10H15FN3O15P3.C6H15N/c1-25-32(24,29-31(22,23)28-30(19,20)21)27-10-6(16)5(15)9(26-10)14-2-3(11)13-4(7(12)17)8(14)18;1-4-7(5-2)6-3/h2,5-6,9-10,15-16H,1H3,(H2,12,17)(H,22,23)(H2,19,20,21);4-6H2,1-3H3/t5-,6+,9-,10-,32?;/m1./s1. The summed E-state index contributed by atoms with van der Waals surface area (Å²) < 4.78 is 69.7. The topological polar surface area (TPSA) is 280 Å². The lowest BCUT2D eigenvalue weighted by molar-refractivity contribution is -0.136. The van der Waals surface area contributed by atoms with Crippen LogP contribution in [0.5, 0.6) is 0 Å². The van der Waals surface area contributed by atoms with E-state index < -0.39 is 71.3 Å². The van der Waals surface area contributed by atoms with Gasteiger partial charge in [0.05, 0.1) is 6.20 Å². The highest BCUT2D eigenvalue weighted by molar-refractivity contribution is 7.66. The molecule has 1 aliphatic rings. The number of aromatic nitrogens is 2. The van der Waals surface area contributed by atoms with Gasteiger partial charge in [-0.1, -0.05) is 20.8 Å². The van der Waals surface area contributed by atoms with Crippen molar-refractivity contribution in [3.05, 3.63) is 28.2 Å². The molecule has 0 aliphatic carbocycles. The van der Waals surface area contributed by atoms with E-state index in [0.29, 0.717) is 13.3 Å². The third-order valence-corrected chi connectivity index (χ3v) is 9.03. The first kappa shape index (κ1) is 35.6. The second kappa shape index (κ2) is 14.4. The summed E-state index contributed by atoms with van der Waals surface area (Å²) >= 11 is 0. The van der Waals surface area contributed by atoms with Crippen molar-refractivity contribution in [1.82, 2.24) is 14.5 Å². The summed E-state index contributed by atoms with van der Waals surface area (Å²) in [5.74, 6) is -2.86. The van der Waals surface area contributed by atoms with E-state index in [1.54, 1.807) is 0 Å². The Morgan fingerprint density at radius 3 is 2.08 bits per heavy atom. The maximum Gasteiger partial charge on any atom is 0.490 e. The minimum Gasteiger partial charge on any atom is -0.385 e. The lowest BCUT2D eigenvalue weighted by Crippen LogP contribution is -2.38. The molecule has 7 N–H and O–H groups in total. The van der Waals surface area contributed by atoms with Crippen molar-refractivity contribution in [2.45, 2.75) is 45.5 Å². The highest BCUT2D eigenvalue weighted by Gasteiger charge is 2.51. The molecule has 6 atom stereocenters. The Morgan fingerprint density at radius 2 is 1.67 bits per heavy atom. The fraction of sp³-hybridized carbons (Fsp3) is 0.688. The fourth-order valence-electron chi connectivity index (χ4n) is 2.94. The second-order valence-corrected chi connectivity index (χ2v) is 12.0. The molecule has 23 heteroatoms. The zero-order chi connectivity index (χ0) is 30.3. The first-order chi connectivity index (χ1) is 17.8. The number of amides is 1. The van der Waals surface area contributed by atoms with Gasteiger partial charge in [0, 0.05) is 7.11 Å². The Balaban J connectivity index is 0.000000956. The number of carbonyl (C=O) groups is 1. The summed E-state index contributed by atoms with van der Waals surface area (Å²) in [6.45, 7) is 10.1. The van der Waals surface area contributed by atoms with E-state index in [1.807, 2.05) is 0 Å². The van der Waals surface area contributed by atoms with Gasteiger partial charge in [0.1, 0.15) is 12.2 Å². The van der Waals surface area contributed by atoms with Crippen molar-refractivity contribution in [2.24, 2.45) is 5.73 Å². The van der Waals surface area contributed by atoms with E-state index in [9.17, 15) is 42.8 Å². The van der Waals surface area contributed by atoms with Gasteiger partial charge in [0.25, 0.3) is 11.5 Å². The molecule has 0 radical (unpaired) electrons. The Kier molecular flexibility index (Phi) is 13.2. The zero-order valence-corrected chi connectivity index (χ0v) is 23.6. The number of nitrogens with two attached hydrogens (primary N) is 1. The van der Waals surface area contributed by atoms with Gasteiger partial charge in [-0.2, -0.15) is 13.0 Å². The van der Waals surface area contributed by atoms with Gasteiger partial charge in [-0.25, -0.2) is 18.7 Å². The predicted octanol–water partition coefficient (Wildman–Crippen LogP) is -0.596. The molecule has 0 spiro atoms. The van der Waals surface area contributed by atoms with E-state index in [0.717, 1.165) is 0 Å². The molecule has 1 aromatic rings.